The summed E-state index contributed by atoms with van der Waals surface area (Å²) in [6.45, 7) is 0. The van der Waals surface area contributed by atoms with Crippen molar-refractivity contribution in [2.75, 3.05) is 0 Å². The summed E-state index contributed by atoms with van der Waals surface area (Å²) in [6.07, 6.45) is 0. The number of amides is 1. The predicted octanol–water partition coefficient (Wildman–Crippen LogP) is 1.41. The van der Waals surface area contributed by atoms with E-state index in [9.17, 15) is 14.4 Å². The lowest BCUT2D eigenvalue weighted by atomic mass is 9.94. The van der Waals surface area contributed by atoms with Crippen LogP contribution in [-0.2, 0) is 9.59 Å². The molecule has 1 atom stereocenters. The van der Waals surface area contributed by atoms with E-state index in [1.165, 1.54) is 6.07 Å². The summed E-state index contributed by atoms with van der Waals surface area (Å²) in [5.74, 6) is -4.06. The van der Waals surface area contributed by atoms with E-state index < -0.39 is 23.6 Å². The smallest absolute Gasteiger partial charge is 0.332 e. The van der Waals surface area contributed by atoms with Gasteiger partial charge in [-0.3, -0.25) is 14.4 Å². The molecule has 0 saturated heterocycles. The molecule has 1 aromatic carbocycles. The first-order valence-corrected chi connectivity index (χ1v) is 6.04. The summed E-state index contributed by atoms with van der Waals surface area (Å²) in [5, 5.41) is 0. The van der Waals surface area contributed by atoms with Crippen LogP contribution >= 0.6 is 31.9 Å². The summed E-state index contributed by atoms with van der Waals surface area (Å²) in [7, 11) is 0. The number of carbonyl (C=O) groups excluding carboxylic acids is 3. The Kier molecular flexibility index (Phi) is 3.05. The molecule has 0 fully saturated rings. The first-order chi connectivity index (χ1) is 7.91. The molecule has 0 aliphatic carbocycles. The van der Waals surface area contributed by atoms with E-state index in [0.717, 1.165) is 0 Å². The molecular formula is C10H5Br2NO4. The molecule has 1 heterocycles. The van der Waals surface area contributed by atoms with Crippen LogP contribution in [0.15, 0.2) is 21.1 Å². The number of nitrogens with two attached hydrogens (primary N) is 1. The summed E-state index contributed by atoms with van der Waals surface area (Å²) >= 11 is 6.37. The number of ether oxygens (including phenoxy) is 1. The highest BCUT2D eigenvalue weighted by Gasteiger charge is 2.41. The molecular weight excluding hydrogens is 358 g/mol. The van der Waals surface area contributed by atoms with Crippen molar-refractivity contribution in [1.29, 1.82) is 0 Å². The third-order valence-electron chi connectivity index (χ3n) is 2.26. The summed E-state index contributed by atoms with van der Waals surface area (Å²) in [6, 6.07) is 3.11. The van der Waals surface area contributed by atoms with Gasteiger partial charge in [-0.15, -0.1) is 0 Å². The average Bonchev–Trinajstić information content (AvgIpc) is 2.19. The number of fused-ring (bicyclic) bond motifs is 1. The first kappa shape index (κ1) is 12.3. The number of hydrogen-bond donors (Lipinski definition) is 1. The fourth-order valence-electron chi connectivity index (χ4n) is 1.51. The zero-order chi connectivity index (χ0) is 12.7. The van der Waals surface area contributed by atoms with Gasteiger partial charge >= 0.3 is 5.97 Å². The molecule has 2 rings (SSSR count). The van der Waals surface area contributed by atoms with E-state index in [1.54, 1.807) is 6.07 Å². The third kappa shape index (κ3) is 2.00. The van der Waals surface area contributed by atoms with Gasteiger partial charge in [0.2, 0.25) is 5.91 Å². The van der Waals surface area contributed by atoms with E-state index in [1.807, 2.05) is 0 Å². The zero-order valence-electron chi connectivity index (χ0n) is 8.20. The highest BCUT2D eigenvalue weighted by Crippen LogP contribution is 2.37. The molecule has 88 valence electrons. The SMILES string of the molecule is NC(=O)C1C(=O)Oc2c(Br)cc(Br)cc2C1=O. The minimum absolute atomic E-state index is 0.112. The fraction of sp³-hybridized carbons (Fsp3) is 0.100. The van der Waals surface area contributed by atoms with Crippen LogP contribution in [0.3, 0.4) is 0 Å². The summed E-state index contributed by atoms with van der Waals surface area (Å²) in [5.41, 5.74) is 5.15. The second-order valence-corrected chi connectivity index (χ2v) is 5.16. The Hall–Kier alpha value is -1.21. The Labute approximate surface area is 113 Å². The highest BCUT2D eigenvalue weighted by molar-refractivity contribution is 9.11. The molecule has 7 heteroatoms. The predicted molar refractivity (Wildman–Crippen MR) is 64.5 cm³/mol. The lowest BCUT2D eigenvalue weighted by Gasteiger charge is -2.21. The van der Waals surface area contributed by atoms with E-state index in [-0.39, 0.29) is 11.3 Å². The Morgan fingerprint density at radius 3 is 2.53 bits per heavy atom. The Balaban J connectivity index is 2.62. The van der Waals surface area contributed by atoms with E-state index in [4.69, 9.17) is 10.5 Å². The molecule has 0 saturated carbocycles. The topological polar surface area (TPSA) is 86.5 Å². The number of benzene rings is 1. The molecule has 2 N–H and O–H groups in total. The van der Waals surface area contributed by atoms with Gasteiger partial charge in [0.05, 0.1) is 10.0 Å². The van der Waals surface area contributed by atoms with Gasteiger partial charge in [-0.25, -0.2) is 0 Å². The van der Waals surface area contributed by atoms with Gasteiger partial charge in [0.25, 0.3) is 0 Å². The van der Waals surface area contributed by atoms with Crippen molar-refractivity contribution in [3.05, 3.63) is 26.6 Å². The van der Waals surface area contributed by atoms with Crippen LogP contribution in [-0.4, -0.2) is 17.7 Å². The molecule has 1 amide bonds. The average molecular weight is 363 g/mol. The maximum absolute atomic E-state index is 11.9. The van der Waals surface area contributed by atoms with Gasteiger partial charge in [0.1, 0.15) is 0 Å². The molecule has 1 aromatic rings. The minimum atomic E-state index is -1.57. The molecule has 1 unspecified atom stereocenters. The number of carbonyl (C=O) groups is 3. The van der Waals surface area contributed by atoms with Crippen LogP contribution in [0.2, 0.25) is 0 Å². The van der Waals surface area contributed by atoms with E-state index >= 15 is 0 Å². The zero-order valence-corrected chi connectivity index (χ0v) is 11.4. The number of primary amides is 1. The minimum Gasteiger partial charge on any atom is -0.424 e. The van der Waals surface area contributed by atoms with Crippen molar-refractivity contribution in [1.82, 2.24) is 0 Å². The largest absolute Gasteiger partial charge is 0.424 e. The first-order valence-electron chi connectivity index (χ1n) is 4.46. The van der Waals surface area contributed by atoms with Crippen molar-refractivity contribution >= 4 is 49.5 Å². The quantitative estimate of drug-likeness (QED) is 0.465. The molecule has 17 heavy (non-hydrogen) atoms. The maximum Gasteiger partial charge on any atom is 0.332 e. The number of ketones is 1. The number of halogens is 2. The standard InChI is InChI=1S/C10H5Br2NO4/c11-3-1-4-7(14)6(9(13)15)10(16)17-8(4)5(12)2-3/h1-2,6H,(H2,13,15). The molecule has 0 radical (unpaired) electrons. The van der Waals surface area contributed by atoms with E-state index in [2.05, 4.69) is 31.9 Å². The maximum atomic E-state index is 11.9. The van der Waals surface area contributed by atoms with Crippen LogP contribution in [0.1, 0.15) is 10.4 Å². The number of esters is 1. The molecule has 0 bridgehead atoms. The van der Waals surface area contributed by atoms with Crippen LogP contribution in [0, 0.1) is 5.92 Å². The Morgan fingerprint density at radius 1 is 1.29 bits per heavy atom. The second-order valence-electron chi connectivity index (χ2n) is 3.39. The van der Waals surface area contributed by atoms with Crippen molar-refractivity contribution in [2.24, 2.45) is 11.7 Å². The molecule has 0 aromatic heterocycles. The van der Waals surface area contributed by atoms with Gasteiger partial charge in [-0.2, -0.15) is 0 Å². The van der Waals surface area contributed by atoms with Gasteiger partial charge in [-0.05, 0) is 28.1 Å². The molecule has 1 aliphatic heterocycles. The Bertz CT molecular complexity index is 555. The van der Waals surface area contributed by atoms with Gasteiger partial charge < -0.3 is 10.5 Å². The second kappa shape index (κ2) is 4.23. The number of rotatable bonds is 1. The Morgan fingerprint density at radius 2 is 1.94 bits per heavy atom. The molecule has 1 aliphatic rings. The van der Waals surface area contributed by atoms with Crippen molar-refractivity contribution in [2.45, 2.75) is 0 Å². The summed E-state index contributed by atoms with van der Waals surface area (Å²) < 4.78 is 6.01. The third-order valence-corrected chi connectivity index (χ3v) is 3.31. The monoisotopic (exact) mass is 361 g/mol. The van der Waals surface area contributed by atoms with Crippen molar-refractivity contribution in [3.8, 4) is 5.75 Å². The number of hydrogen-bond acceptors (Lipinski definition) is 4. The van der Waals surface area contributed by atoms with Gasteiger partial charge in [-0.1, -0.05) is 15.9 Å². The van der Waals surface area contributed by atoms with Crippen LogP contribution in [0.5, 0.6) is 5.75 Å². The van der Waals surface area contributed by atoms with Gasteiger partial charge in [0.15, 0.2) is 17.5 Å². The van der Waals surface area contributed by atoms with Crippen LogP contribution in [0.25, 0.3) is 0 Å². The lowest BCUT2D eigenvalue weighted by molar-refractivity contribution is -0.142. The van der Waals surface area contributed by atoms with E-state index in [0.29, 0.717) is 8.95 Å². The van der Waals surface area contributed by atoms with Crippen LogP contribution in [0.4, 0.5) is 0 Å². The molecule has 0 spiro atoms. The molecule has 5 nitrogen and oxygen atoms in total. The van der Waals surface area contributed by atoms with Crippen molar-refractivity contribution in [3.63, 3.8) is 0 Å². The number of Topliss-reactive ketones (excluding diaryl/α,β-unsaturated/α-hetero) is 1. The van der Waals surface area contributed by atoms with Crippen molar-refractivity contribution < 1.29 is 19.1 Å². The fourth-order valence-corrected chi connectivity index (χ4v) is 2.82. The normalized spacial score (nSPS) is 18.6. The van der Waals surface area contributed by atoms with Gasteiger partial charge in [0, 0.05) is 4.47 Å². The van der Waals surface area contributed by atoms with Crippen LogP contribution < -0.4 is 10.5 Å². The highest BCUT2D eigenvalue weighted by atomic mass is 79.9. The lowest BCUT2D eigenvalue weighted by Crippen LogP contribution is -2.42. The summed E-state index contributed by atoms with van der Waals surface area (Å²) in [4.78, 5) is 34.4.